The van der Waals surface area contributed by atoms with Crippen LogP contribution in [0.1, 0.15) is 5.69 Å². The predicted molar refractivity (Wildman–Crippen MR) is 97.3 cm³/mol. The predicted octanol–water partition coefficient (Wildman–Crippen LogP) is 5.58. The molecule has 1 aromatic heterocycles. The van der Waals surface area contributed by atoms with E-state index >= 15 is 0 Å². The van der Waals surface area contributed by atoms with Crippen molar-refractivity contribution in [3.8, 4) is 28.5 Å². The number of nitrogens with zero attached hydrogens (tertiary/aromatic N) is 2. The average Bonchev–Trinajstić information content (AvgIpc) is 2.68. The Kier molecular flexibility index (Phi) is 3.72. The molecule has 0 bridgehead atoms. The molecule has 0 fully saturated rings. The number of halogens is 1. The Morgan fingerprint density at radius 1 is 0.760 bits per heavy atom. The highest BCUT2D eigenvalue weighted by Gasteiger charge is 2.17. The van der Waals surface area contributed by atoms with Crippen LogP contribution in [0.2, 0.25) is 0 Å². The Bertz CT molecular complexity index is 1110. The van der Waals surface area contributed by atoms with Crippen molar-refractivity contribution in [3.63, 3.8) is 0 Å². The van der Waals surface area contributed by atoms with Crippen LogP contribution in [0.3, 0.4) is 0 Å². The number of hydrogen-bond donors (Lipinski definition) is 0. The second kappa shape index (κ2) is 6.18. The lowest BCUT2D eigenvalue weighted by molar-refractivity contribution is 0.631. The van der Waals surface area contributed by atoms with E-state index in [1.165, 1.54) is 6.07 Å². The van der Waals surface area contributed by atoms with Crippen LogP contribution in [0.4, 0.5) is 4.39 Å². The number of aromatic nitrogens is 1. The van der Waals surface area contributed by atoms with Crippen molar-refractivity contribution in [1.29, 1.82) is 5.26 Å². The zero-order valence-corrected chi connectivity index (χ0v) is 13.3. The van der Waals surface area contributed by atoms with Crippen molar-refractivity contribution in [2.45, 2.75) is 0 Å². The van der Waals surface area contributed by atoms with Gasteiger partial charge in [-0.1, -0.05) is 66.7 Å². The van der Waals surface area contributed by atoms with Gasteiger partial charge in [-0.2, -0.15) is 5.26 Å². The molecule has 0 N–H and O–H groups in total. The van der Waals surface area contributed by atoms with Crippen LogP contribution in [0.15, 0.2) is 78.9 Å². The fourth-order valence-corrected chi connectivity index (χ4v) is 3.10. The van der Waals surface area contributed by atoms with Gasteiger partial charge < -0.3 is 0 Å². The van der Waals surface area contributed by atoms with Gasteiger partial charge in [0.15, 0.2) is 0 Å². The maximum atomic E-state index is 14.3. The highest BCUT2D eigenvalue weighted by atomic mass is 19.1. The van der Waals surface area contributed by atoms with Gasteiger partial charge in [0.2, 0.25) is 0 Å². The van der Waals surface area contributed by atoms with Gasteiger partial charge in [0, 0.05) is 16.5 Å². The van der Waals surface area contributed by atoms with Gasteiger partial charge in [-0.15, -0.1) is 0 Å². The van der Waals surface area contributed by atoms with Crippen molar-refractivity contribution >= 4 is 10.8 Å². The molecule has 2 nitrogen and oxygen atoms in total. The number of hydrogen-bond acceptors (Lipinski definition) is 2. The minimum absolute atomic E-state index is 0.295. The van der Waals surface area contributed by atoms with Crippen LogP contribution in [-0.4, -0.2) is 4.98 Å². The largest absolute Gasteiger partial charge is 0.236 e. The molecule has 0 amide bonds. The average molecular weight is 324 g/mol. The van der Waals surface area contributed by atoms with Crippen molar-refractivity contribution < 1.29 is 4.39 Å². The van der Waals surface area contributed by atoms with E-state index in [2.05, 4.69) is 11.1 Å². The lowest BCUT2D eigenvalue weighted by Gasteiger charge is -2.13. The maximum Gasteiger partial charge on any atom is 0.149 e. The van der Waals surface area contributed by atoms with Crippen LogP contribution in [0.5, 0.6) is 0 Å². The molecule has 25 heavy (non-hydrogen) atoms. The summed E-state index contributed by atoms with van der Waals surface area (Å²) in [6.45, 7) is 0. The van der Waals surface area contributed by atoms with Gasteiger partial charge in [-0.05, 0) is 23.1 Å². The molecule has 1 heterocycles. The molecular formula is C22H13FN2. The van der Waals surface area contributed by atoms with Gasteiger partial charge in [0.1, 0.15) is 17.6 Å². The highest BCUT2D eigenvalue weighted by molar-refractivity contribution is 6.04. The molecule has 0 aliphatic carbocycles. The van der Waals surface area contributed by atoms with Gasteiger partial charge in [-0.25, -0.2) is 9.37 Å². The van der Waals surface area contributed by atoms with Crippen molar-refractivity contribution in [3.05, 3.63) is 90.4 Å². The van der Waals surface area contributed by atoms with Crippen molar-refractivity contribution in [1.82, 2.24) is 4.98 Å². The van der Waals surface area contributed by atoms with E-state index in [9.17, 15) is 9.65 Å². The molecule has 0 spiro atoms. The minimum Gasteiger partial charge on any atom is -0.236 e. The summed E-state index contributed by atoms with van der Waals surface area (Å²) < 4.78 is 14.3. The first-order valence-corrected chi connectivity index (χ1v) is 7.93. The van der Waals surface area contributed by atoms with Gasteiger partial charge in [0.05, 0.1) is 5.69 Å². The lowest BCUT2D eigenvalue weighted by Crippen LogP contribution is -1.97. The van der Waals surface area contributed by atoms with E-state index in [0.717, 1.165) is 21.9 Å². The number of pyridine rings is 1. The molecule has 118 valence electrons. The first-order chi connectivity index (χ1) is 12.3. The van der Waals surface area contributed by atoms with E-state index in [4.69, 9.17) is 0 Å². The van der Waals surface area contributed by atoms with Crippen molar-refractivity contribution in [2.24, 2.45) is 0 Å². The van der Waals surface area contributed by atoms with Crippen LogP contribution in [-0.2, 0) is 0 Å². The summed E-state index contributed by atoms with van der Waals surface area (Å²) in [7, 11) is 0. The third-order valence-corrected chi connectivity index (χ3v) is 4.21. The first-order valence-electron chi connectivity index (χ1n) is 7.93. The SMILES string of the molecule is N#Cc1nc(-c2ccccc2F)c2ccccc2c1-c1ccccc1. The highest BCUT2D eigenvalue weighted by Crippen LogP contribution is 2.36. The molecule has 0 radical (unpaired) electrons. The smallest absolute Gasteiger partial charge is 0.149 e. The molecule has 4 aromatic rings. The second-order valence-electron chi connectivity index (χ2n) is 5.69. The Hall–Kier alpha value is -3.51. The summed E-state index contributed by atoms with van der Waals surface area (Å²) in [5.74, 6) is -0.350. The van der Waals surface area contributed by atoms with Gasteiger partial charge in [0.25, 0.3) is 0 Å². The molecule has 4 rings (SSSR count). The third kappa shape index (κ3) is 2.54. The molecular weight excluding hydrogens is 311 g/mol. The number of benzene rings is 3. The maximum absolute atomic E-state index is 14.3. The van der Waals surface area contributed by atoms with E-state index < -0.39 is 0 Å². The number of nitriles is 1. The molecule has 0 atom stereocenters. The summed E-state index contributed by atoms with van der Waals surface area (Å²) in [4.78, 5) is 4.53. The summed E-state index contributed by atoms with van der Waals surface area (Å²) in [6, 6.07) is 26.1. The molecule has 0 saturated carbocycles. The van der Waals surface area contributed by atoms with Crippen LogP contribution < -0.4 is 0 Å². The molecule has 0 aliphatic rings. The Balaban J connectivity index is 2.13. The normalized spacial score (nSPS) is 10.6. The summed E-state index contributed by atoms with van der Waals surface area (Å²) in [5, 5.41) is 11.4. The fourth-order valence-electron chi connectivity index (χ4n) is 3.10. The zero-order chi connectivity index (χ0) is 17.2. The molecule has 3 heteroatoms. The number of fused-ring (bicyclic) bond motifs is 1. The third-order valence-electron chi connectivity index (χ3n) is 4.21. The monoisotopic (exact) mass is 324 g/mol. The number of rotatable bonds is 2. The molecule has 0 aliphatic heterocycles. The Morgan fingerprint density at radius 2 is 1.40 bits per heavy atom. The Labute approximate surface area is 144 Å². The fraction of sp³-hybridized carbons (Fsp3) is 0. The second-order valence-corrected chi connectivity index (χ2v) is 5.69. The van der Waals surface area contributed by atoms with Crippen LogP contribution in [0.25, 0.3) is 33.2 Å². The van der Waals surface area contributed by atoms with Gasteiger partial charge in [-0.3, -0.25) is 0 Å². The summed E-state index contributed by atoms with van der Waals surface area (Å²) in [6.07, 6.45) is 0. The quantitative estimate of drug-likeness (QED) is 0.482. The van der Waals surface area contributed by atoms with E-state index in [-0.39, 0.29) is 5.82 Å². The molecule has 3 aromatic carbocycles. The summed E-state index contributed by atoms with van der Waals surface area (Å²) in [5.41, 5.74) is 2.88. The zero-order valence-electron chi connectivity index (χ0n) is 13.3. The van der Waals surface area contributed by atoms with Crippen LogP contribution in [0, 0.1) is 17.1 Å². The molecule has 0 unspecified atom stereocenters. The van der Waals surface area contributed by atoms with E-state index in [1.807, 2.05) is 54.6 Å². The summed E-state index contributed by atoms with van der Waals surface area (Å²) >= 11 is 0. The first kappa shape index (κ1) is 15.0. The minimum atomic E-state index is -0.350. The van der Waals surface area contributed by atoms with Crippen LogP contribution >= 0.6 is 0 Å². The standard InChI is InChI=1S/C22H13FN2/c23-19-13-7-6-12-18(19)22-17-11-5-4-10-16(17)21(20(14-24)25-22)15-8-2-1-3-9-15/h1-13H. The lowest BCUT2D eigenvalue weighted by atomic mass is 9.94. The van der Waals surface area contributed by atoms with E-state index in [0.29, 0.717) is 17.0 Å². The topological polar surface area (TPSA) is 36.7 Å². The van der Waals surface area contributed by atoms with Gasteiger partial charge >= 0.3 is 0 Å². The van der Waals surface area contributed by atoms with E-state index in [1.54, 1.807) is 18.2 Å². The Morgan fingerprint density at radius 3 is 2.12 bits per heavy atom. The molecule has 0 saturated heterocycles. The van der Waals surface area contributed by atoms with Crippen molar-refractivity contribution in [2.75, 3.05) is 0 Å².